The van der Waals surface area contributed by atoms with Crippen LogP contribution in [0.25, 0.3) is 10.9 Å². The number of nitrogens with one attached hydrogen (secondary N) is 2. The Morgan fingerprint density at radius 2 is 2.00 bits per heavy atom. The van der Waals surface area contributed by atoms with Crippen LogP contribution in [0, 0.1) is 0 Å². The summed E-state index contributed by atoms with van der Waals surface area (Å²) < 4.78 is 10.3. The van der Waals surface area contributed by atoms with Crippen LogP contribution in [0.5, 0.6) is 5.75 Å². The minimum Gasteiger partial charge on any atom is -0.497 e. The SMILES string of the molecule is COc1cccc(COC(=O)NC(Cc2c[nH]c3ccccc23)C(N)=O)c1. The van der Waals surface area contributed by atoms with Gasteiger partial charge in [0.05, 0.1) is 7.11 Å². The predicted molar refractivity (Wildman–Crippen MR) is 101 cm³/mol. The van der Waals surface area contributed by atoms with Crippen LogP contribution in [0.1, 0.15) is 11.1 Å². The Bertz CT molecular complexity index is 951. The second-order valence-corrected chi connectivity index (χ2v) is 6.09. The molecule has 0 bridgehead atoms. The van der Waals surface area contributed by atoms with Crippen molar-refractivity contribution < 1.29 is 19.1 Å². The molecule has 0 saturated heterocycles. The minimum absolute atomic E-state index is 0.0571. The van der Waals surface area contributed by atoms with Gasteiger partial charge in [-0.1, -0.05) is 30.3 Å². The van der Waals surface area contributed by atoms with E-state index in [4.69, 9.17) is 15.2 Å². The molecule has 1 unspecified atom stereocenters. The summed E-state index contributed by atoms with van der Waals surface area (Å²) >= 11 is 0. The number of aromatic amines is 1. The molecule has 0 spiro atoms. The summed E-state index contributed by atoms with van der Waals surface area (Å²) in [5.74, 6) is 0.0458. The fourth-order valence-corrected chi connectivity index (χ4v) is 2.84. The van der Waals surface area contributed by atoms with E-state index >= 15 is 0 Å². The van der Waals surface area contributed by atoms with Crippen molar-refractivity contribution in [2.24, 2.45) is 5.73 Å². The number of aromatic nitrogens is 1. The molecule has 1 atom stereocenters. The lowest BCUT2D eigenvalue weighted by Gasteiger charge is -2.15. The number of alkyl carbamates (subject to hydrolysis) is 1. The highest BCUT2D eigenvalue weighted by Gasteiger charge is 2.21. The van der Waals surface area contributed by atoms with Crippen molar-refractivity contribution in [3.05, 3.63) is 65.9 Å². The molecule has 0 aliphatic carbocycles. The molecule has 0 fully saturated rings. The molecule has 2 aromatic carbocycles. The second kappa shape index (κ2) is 8.27. The second-order valence-electron chi connectivity index (χ2n) is 6.09. The summed E-state index contributed by atoms with van der Waals surface area (Å²) in [6, 6.07) is 14.0. The van der Waals surface area contributed by atoms with Crippen molar-refractivity contribution in [1.29, 1.82) is 0 Å². The topological polar surface area (TPSA) is 106 Å². The van der Waals surface area contributed by atoms with Crippen LogP contribution in [0.3, 0.4) is 0 Å². The van der Waals surface area contributed by atoms with E-state index in [9.17, 15) is 9.59 Å². The molecular weight excluding hydrogens is 346 g/mol. The van der Waals surface area contributed by atoms with Crippen LogP contribution in [-0.2, 0) is 22.6 Å². The zero-order valence-corrected chi connectivity index (χ0v) is 14.9. The number of amides is 2. The van der Waals surface area contributed by atoms with Crippen LogP contribution in [0.4, 0.5) is 4.79 Å². The van der Waals surface area contributed by atoms with Gasteiger partial charge >= 0.3 is 6.09 Å². The molecule has 4 N–H and O–H groups in total. The van der Waals surface area contributed by atoms with Crippen LogP contribution in [0.15, 0.2) is 54.7 Å². The fraction of sp³-hybridized carbons (Fsp3) is 0.200. The van der Waals surface area contributed by atoms with Gasteiger partial charge in [-0.2, -0.15) is 0 Å². The third-order valence-corrected chi connectivity index (χ3v) is 4.24. The quantitative estimate of drug-likeness (QED) is 0.596. The first-order valence-electron chi connectivity index (χ1n) is 8.47. The molecule has 2 amide bonds. The third kappa shape index (κ3) is 4.58. The van der Waals surface area contributed by atoms with E-state index in [0.29, 0.717) is 5.75 Å². The molecule has 0 aliphatic rings. The normalized spacial score (nSPS) is 11.7. The highest BCUT2D eigenvalue weighted by molar-refractivity contribution is 5.87. The van der Waals surface area contributed by atoms with Gasteiger partial charge in [0.25, 0.3) is 0 Å². The molecule has 3 aromatic rings. The molecule has 1 heterocycles. The van der Waals surface area contributed by atoms with Crippen LogP contribution < -0.4 is 15.8 Å². The first-order valence-corrected chi connectivity index (χ1v) is 8.47. The van der Waals surface area contributed by atoms with E-state index in [1.54, 1.807) is 25.3 Å². The number of hydrogen-bond acceptors (Lipinski definition) is 4. The number of carbonyl (C=O) groups excluding carboxylic acids is 2. The number of nitrogens with two attached hydrogens (primary N) is 1. The van der Waals surface area contributed by atoms with E-state index in [0.717, 1.165) is 22.0 Å². The first kappa shape index (κ1) is 18.3. The van der Waals surface area contributed by atoms with Gasteiger partial charge in [-0.25, -0.2) is 4.79 Å². The summed E-state index contributed by atoms with van der Waals surface area (Å²) in [4.78, 5) is 27.0. The monoisotopic (exact) mass is 367 g/mol. The van der Waals surface area contributed by atoms with Crippen molar-refractivity contribution in [3.63, 3.8) is 0 Å². The summed E-state index contributed by atoms with van der Waals surface area (Å²) in [7, 11) is 1.56. The number of methoxy groups -OCH3 is 1. The molecule has 7 heteroatoms. The maximum atomic E-state index is 12.1. The summed E-state index contributed by atoms with van der Waals surface area (Å²) in [6.07, 6.45) is 1.37. The number of carbonyl (C=O) groups is 2. The smallest absolute Gasteiger partial charge is 0.408 e. The molecule has 0 aliphatic heterocycles. The fourth-order valence-electron chi connectivity index (χ4n) is 2.84. The summed E-state index contributed by atoms with van der Waals surface area (Å²) in [5.41, 5.74) is 8.08. The van der Waals surface area contributed by atoms with Gasteiger partial charge in [0.15, 0.2) is 0 Å². The van der Waals surface area contributed by atoms with Gasteiger partial charge in [0.2, 0.25) is 5.91 Å². The average molecular weight is 367 g/mol. The molecule has 0 radical (unpaired) electrons. The van der Waals surface area contributed by atoms with Crippen molar-refractivity contribution in [1.82, 2.24) is 10.3 Å². The molecule has 27 heavy (non-hydrogen) atoms. The molecule has 140 valence electrons. The van der Waals surface area contributed by atoms with Gasteiger partial charge in [0.1, 0.15) is 18.4 Å². The Morgan fingerprint density at radius 1 is 1.19 bits per heavy atom. The van der Waals surface area contributed by atoms with E-state index in [2.05, 4.69) is 10.3 Å². The lowest BCUT2D eigenvalue weighted by atomic mass is 10.0. The van der Waals surface area contributed by atoms with E-state index in [1.807, 2.05) is 36.5 Å². The Labute approximate surface area is 156 Å². The predicted octanol–water partition coefficient (Wildman–Crippen LogP) is 2.50. The molecular formula is C20H21N3O4. The lowest BCUT2D eigenvalue weighted by molar-refractivity contribution is -0.119. The average Bonchev–Trinajstić information content (AvgIpc) is 3.09. The molecule has 1 aromatic heterocycles. The lowest BCUT2D eigenvalue weighted by Crippen LogP contribution is -2.46. The van der Waals surface area contributed by atoms with E-state index < -0.39 is 18.0 Å². The number of fused-ring (bicyclic) bond motifs is 1. The molecule has 3 rings (SSSR count). The summed E-state index contributed by atoms with van der Waals surface area (Å²) in [5, 5.41) is 3.52. The van der Waals surface area contributed by atoms with Gasteiger partial charge < -0.3 is 25.5 Å². The third-order valence-electron chi connectivity index (χ3n) is 4.24. The van der Waals surface area contributed by atoms with Gasteiger partial charge in [0, 0.05) is 23.5 Å². The standard InChI is InChI=1S/C20H21N3O4/c1-26-15-6-4-5-13(9-15)12-27-20(25)23-18(19(21)24)10-14-11-22-17-8-3-2-7-16(14)17/h2-9,11,18,22H,10,12H2,1H3,(H2,21,24)(H,23,25). The van der Waals surface area contributed by atoms with Crippen LogP contribution in [0.2, 0.25) is 0 Å². The largest absolute Gasteiger partial charge is 0.497 e. The Hall–Kier alpha value is -3.48. The number of hydrogen-bond donors (Lipinski definition) is 3. The number of primary amides is 1. The van der Waals surface area contributed by atoms with Crippen molar-refractivity contribution >= 4 is 22.9 Å². The Balaban J connectivity index is 1.62. The minimum atomic E-state index is -0.873. The van der Waals surface area contributed by atoms with Crippen LogP contribution in [-0.4, -0.2) is 30.1 Å². The highest BCUT2D eigenvalue weighted by atomic mass is 16.5. The zero-order chi connectivity index (χ0) is 19.2. The van der Waals surface area contributed by atoms with Gasteiger partial charge in [-0.3, -0.25) is 4.79 Å². The Morgan fingerprint density at radius 3 is 2.78 bits per heavy atom. The van der Waals surface area contributed by atoms with E-state index in [1.165, 1.54) is 0 Å². The first-order chi connectivity index (χ1) is 13.1. The maximum Gasteiger partial charge on any atom is 0.408 e. The number of ether oxygens (including phenoxy) is 2. The molecule has 7 nitrogen and oxygen atoms in total. The number of benzene rings is 2. The van der Waals surface area contributed by atoms with Crippen LogP contribution >= 0.6 is 0 Å². The molecule has 0 saturated carbocycles. The van der Waals surface area contributed by atoms with Gasteiger partial charge in [-0.15, -0.1) is 0 Å². The highest BCUT2D eigenvalue weighted by Crippen LogP contribution is 2.19. The maximum absolute atomic E-state index is 12.1. The van der Waals surface area contributed by atoms with Crippen molar-refractivity contribution in [2.45, 2.75) is 19.1 Å². The number of rotatable bonds is 7. The number of H-pyrrole nitrogens is 1. The Kier molecular flexibility index (Phi) is 5.61. The van der Waals surface area contributed by atoms with E-state index in [-0.39, 0.29) is 13.0 Å². The number of para-hydroxylation sites is 1. The van der Waals surface area contributed by atoms with Gasteiger partial charge in [-0.05, 0) is 29.3 Å². The summed E-state index contributed by atoms with van der Waals surface area (Å²) in [6.45, 7) is 0.0571. The van der Waals surface area contributed by atoms with Crippen molar-refractivity contribution in [3.8, 4) is 5.75 Å². The van der Waals surface area contributed by atoms with Crippen molar-refractivity contribution in [2.75, 3.05) is 7.11 Å². The zero-order valence-electron chi connectivity index (χ0n) is 14.9.